The molecule has 3 heteroatoms. The number of hydrogen-bond donors (Lipinski definition) is 2. The van der Waals surface area contributed by atoms with Crippen molar-refractivity contribution in [3.8, 4) is 17.6 Å². The van der Waals surface area contributed by atoms with Crippen LogP contribution in [-0.4, -0.2) is 23.7 Å². The Balaban J connectivity index is 2.71. The van der Waals surface area contributed by atoms with E-state index >= 15 is 0 Å². The molecular weight excluding hydrogens is 152 g/mol. The molecule has 0 radical (unpaired) electrons. The molecule has 0 amide bonds. The number of rotatable bonds is 1. The van der Waals surface area contributed by atoms with Crippen LogP contribution in [0.1, 0.15) is 5.56 Å². The standard InChI is InChI=1S/C9H10N2O/c1-10-4-2-3-8-5-9(12)7-11-6-8/h5-7,10,12H,4H2,1H3. The number of hydrogen-bond acceptors (Lipinski definition) is 3. The SMILES string of the molecule is CNCC#Cc1cncc(O)c1. The third-order valence-corrected chi connectivity index (χ3v) is 1.22. The Morgan fingerprint density at radius 2 is 2.42 bits per heavy atom. The van der Waals surface area contributed by atoms with Crippen LogP contribution in [0.25, 0.3) is 0 Å². The Morgan fingerprint density at radius 3 is 3.08 bits per heavy atom. The van der Waals surface area contributed by atoms with Gasteiger partial charge in [-0.1, -0.05) is 11.8 Å². The molecule has 1 aromatic rings. The zero-order valence-corrected chi connectivity index (χ0v) is 6.83. The van der Waals surface area contributed by atoms with Crippen LogP contribution in [0.2, 0.25) is 0 Å². The van der Waals surface area contributed by atoms with Gasteiger partial charge in [-0.3, -0.25) is 4.98 Å². The highest BCUT2D eigenvalue weighted by molar-refractivity contribution is 5.36. The largest absolute Gasteiger partial charge is 0.506 e. The Labute approximate surface area is 71.5 Å². The summed E-state index contributed by atoms with van der Waals surface area (Å²) in [7, 11) is 1.83. The van der Waals surface area contributed by atoms with Gasteiger partial charge in [0.25, 0.3) is 0 Å². The first-order valence-corrected chi connectivity index (χ1v) is 3.60. The first-order chi connectivity index (χ1) is 5.83. The lowest BCUT2D eigenvalue weighted by molar-refractivity contribution is 0.472. The predicted octanol–water partition coefficient (Wildman–Crippen LogP) is 0.358. The van der Waals surface area contributed by atoms with Crippen molar-refractivity contribution in [1.82, 2.24) is 10.3 Å². The lowest BCUT2D eigenvalue weighted by Crippen LogP contribution is -2.04. The van der Waals surface area contributed by atoms with Crippen LogP contribution in [-0.2, 0) is 0 Å². The summed E-state index contributed by atoms with van der Waals surface area (Å²) in [5, 5.41) is 11.9. The molecule has 0 aliphatic rings. The van der Waals surface area contributed by atoms with Crippen molar-refractivity contribution in [3.05, 3.63) is 24.0 Å². The second-order valence-electron chi connectivity index (χ2n) is 2.26. The Hall–Kier alpha value is -1.53. The molecular formula is C9H10N2O. The third kappa shape index (κ3) is 2.60. The number of aromatic nitrogens is 1. The van der Waals surface area contributed by atoms with Crippen LogP contribution in [0.3, 0.4) is 0 Å². The highest BCUT2D eigenvalue weighted by Crippen LogP contribution is 2.06. The first kappa shape index (κ1) is 8.57. The molecule has 1 rings (SSSR count). The van der Waals surface area contributed by atoms with Gasteiger partial charge in [0.1, 0.15) is 5.75 Å². The zero-order valence-electron chi connectivity index (χ0n) is 6.83. The third-order valence-electron chi connectivity index (χ3n) is 1.22. The molecule has 0 fully saturated rings. The summed E-state index contributed by atoms with van der Waals surface area (Å²) >= 11 is 0. The lowest BCUT2D eigenvalue weighted by Gasteiger charge is -1.90. The molecule has 0 saturated carbocycles. The van der Waals surface area contributed by atoms with Gasteiger partial charge in [-0.25, -0.2) is 0 Å². The highest BCUT2D eigenvalue weighted by atomic mass is 16.3. The first-order valence-electron chi connectivity index (χ1n) is 3.60. The minimum Gasteiger partial charge on any atom is -0.506 e. The van der Waals surface area contributed by atoms with E-state index in [9.17, 15) is 0 Å². The average Bonchev–Trinajstić information content (AvgIpc) is 2.05. The van der Waals surface area contributed by atoms with Crippen molar-refractivity contribution in [2.45, 2.75) is 0 Å². The second-order valence-corrected chi connectivity index (χ2v) is 2.26. The number of pyridine rings is 1. The van der Waals surface area contributed by atoms with Crippen molar-refractivity contribution < 1.29 is 5.11 Å². The summed E-state index contributed by atoms with van der Waals surface area (Å²) < 4.78 is 0. The van der Waals surface area contributed by atoms with Crippen LogP contribution >= 0.6 is 0 Å². The van der Waals surface area contributed by atoms with Crippen molar-refractivity contribution in [2.75, 3.05) is 13.6 Å². The average molecular weight is 162 g/mol. The van der Waals surface area contributed by atoms with Crippen LogP contribution < -0.4 is 5.32 Å². The number of aromatic hydroxyl groups is 1. The fraction of sp³-hybridized carbons (Fsp3) is 0.222. The Morgan fingerprint density at radius 1 is 1.58 bits per heavy atom. The van der Waals surface area contributed by atoms with Crippen molar-refractivity contribution in [2.24, 2.45) is 0 Å². The van der Waals surface area contributed by atoms with Gasteiger partial charge < -0.3 is 10.4 Å². The fourth-order valence-electron chi connectivity index (χ4n) is 0.731. The normalized spacial score (nSPS) is 8.75. The van der Waals surface area contributed by atoms with E-state index in [4.69, 9.17) is 5.11 Å². The van der Waals surface area contributed by atoms with Crippen LogP contribution in [0, 0.1) is 11.8 Å². The van der Waals surface area contributed by atoms with Gasteiger partial charge in [-0.05, 0) is 13.1 Å². The molecule has 12 heavy (non-hydrogen) atoms. The van der Waals surface area contributed by atoms with Crippen molar-refractivity contribution in [3.63, 3.8) is 0 Å². The summed E-state index contributed by atoms with van der Waals surface area (Å²) in [5.74, 6) is 5.86. The molecule has 0 aromatic carbocycles. The molecule has 0 bridgehead atoms. The Kier molecular flexibility index (Phi) is 3.12. The van der Waals surface area contributed by atoms with Crippen molar-refractivity contribution in [1.29, 1.82) is 0 Å². The topological polar surface area (TPSA) is 45.2 Å². The molecule has 0 spiro atoms. The lowest BCUT2D eigenvalue weighted by atomic mass is 10.3. The van der Waals surface area contributed by atoms with Gasteiger partial charge in [-0.2, -0.15) is 0 Å². The zero-order chi connectivity index (χ0) is 8.81. The molecule has 0 aliphatic heterocycles. The van der Waals surface area contributed by atoms with E-state index in [0.29, 0.717) is 6.54 Å². The summed E-state index contributed by atoms with van der Waals surface area (Å²) in [6.45, 7) is 0.635. The quantitative estimate of drug-likeness (QED) is 0.586. The highest BCUT2D eigenvalue weighted by Gasteiger charge is 1.88. The maximum Gasteiger partial charge on any atom is 0.135 e. The van der Waals surface area contributed by atoms with Crippen LogP contribution in [0.15, 0.2) is 18.5 Å². The van der Waals surface area contributed by atoms with Gasteiger partial charge in [0.15, 0.2) is 0 Å². The maximum atomic E-state index is 9.02. The van der Waals surface area contributed by atoms with Gasteiger partial charge in [-0.15, -0.1) is 0 Å². The van der Waals surface area contributed by atoms with E-state index in [0.717, 1.165) is 5.56 Å². The molecule has 62 valence electrons. The van der Waals surface area contributed by atoms with Gasteiger partial charge in [0, 0.05) is 11.8 Å². The van der Waals surface area contributed by atoms with Crippen LogP contribution in [0.5, 0.6) is 5.75 Å². The fourth-order valence-corrected chi connectivity index (χ4v) is 0.731. The summed E-state index contributed by atoms with van der Waals surface area (Å²) in [6, 6.07) is 1.58. The number of nitrogens with zero attached hydrogens (tertiary/aromatic N) is 1. The monoisotopic (exact) mass is 162 g/mol. The van der Waals surface area contributed by atoms with E-state index in [1.807, 2.05) is 7.05 Å². The van der Waals surface area contributed by atoms with Gasteiger partial charge >= 0.3 is 0 Å². The smallest absolute Gasteiger partial charge is 0.135 e. The van der Waals surface area contributed by atoms with E-state index in [1.165, 1.54) is 6.20 Å². The maximum absolute atomic E-state index is 9.02. The minimum atomic E-state index is 0.145. The second kappa shape index (κ2) is 4.37. The van der Waals surface area contributed by atoms with Crippen molar-refractivity contribution >= 4 is 0 Å². The van der Waals surface area contributed by atoms with Gasteiger partial charge in [0.2, 0.25) is 0 Å². The molecule has 2 N–H and O–H groups in total. The summed E-state index contributed by atoms with van der Waals surface area (Å²) in [5.41, 5.74) is 0.727. The summed E-state index contributed by atoms with van der Waals surface area (Å²) in [4.78, 5) is 3.79. The molecule has 1 heterocycles. The predicted molar refractivity (Wildman–Crippen MR) is 46.7 cm³/mol. The summed E-state index contributed by atoms with van der Waals surface area (Å²) in [6.07, 6.45) is 2.99. The Bertz CT molecular complexity index is 312. The van der Waals surface area contributed by atoms with Gasteiger partial charge in [0.05, 0.1) is 12.7 Å². The molecule has 0 aliphatic carbocycles. The molecule has 1 aromatic heterocycles. The van der Waals surface area contributed by atoms with E-state index in [2.05, 4.69) is 22.1 Å². The van der Waals surface area contributed by atoms with Crippen LogP contribution in [0.4, 0.5) is 0 Å². The van der Waals surface area contributed by atoms with E-state index < -0.39 is 0 Å². The molecule has 0 unspecified atom stereocenters. The number of nitrogens with one attached hydrogen (secondary N) is 1. The van der Waals surface area contributed by atoms with E-state index in [-0.39, 0.29) is 5.75 Å². The molecule has 3 nitrogen and oxygen atoms in total. The minimum absolute atomic E-state index is 0.145. The molecule has 0 atom stereocenters. The van der Waals surface area contributed by atoms with E-state index in [1.54, 1.807) is 12.3 Å². The molecule has 0 saturated heterocycles.